The first kappa shape index (κ1) is 10.2. The lowest BCUT2D eigenvalue weighted by Crippen LogP contribution is -2.01. The average Bonchev–Trinajstić information content (AvgIpc) is 3.05. The maximum Gasteiger partial charge on any atom is 0.0268 e. The zero-order valence-electron chi connectivity index (χ0n) is 8.85. The van der Waals surface area contributed by atoms with Crippen molar-refractivity contribution in [3.63, 3.8) is 0 Å². The molecule has 0 saturated carbocycles. The van der Waals surface area contributed by atoms with E-state index in [0.29, 0.717) is 0 Å². The Morgan fingerprint density at radius 3 is 1.19 bits per heavy atom. The number of rotatable bonds is 1. The quantitative estimate of drug-likeness (QED) is 0.606. The smallest absolute Gasteiger partial charge is 0.0268 e. The monoisotopic (exact) mass is 211 g/mol. The molecule has 0 fully saturated rings. The van der Waals surface area contributed by atoms with Gasteiger partial charge in [0.1, 0.15) is 0 Å². The van der Waals surface area contributed by atoms with Gasteiger partial charge in [0, 0.05) is 37.2 Å². The maximum absolute atomic E-state index is 3.78. The molecular weight excluding hydrogens is 198 g/mol. The molecule has 0 N–H and O–H groups in total. The van der Waals surface area contributed by atoms with Crippen molar-refractivity contribution in [2.24, 2.45) is 0 Å². The third-order valence-electron chi connectivity index (χ3n) is 2.01. The van der Waals surface area contributed by atoms with Crippen molar-refractivity contribution >= 4 is 0 Å². The fourth-order valence-electron chi connectivity index (χ4n) is 1.27. The molecule has 0 aliphatic rings. The highest BCUT2D eigenvalue weighted by Gasteiger charge is 1.85. The third-order valence-corrected chi connectivity index (χ3v) is 2.01. The first-order valence-electron chi connectivity index (χ1n) is 5.08. The summed E-state index contributed by atoms with van der Waals surface area (Å²) in [6.07, 6.45) is 11.5. The number of hydrogen-bond donors (Lipinski definition) is 0. The van der Waals surface area contributed by atoms with Gasteiger partial charge in [0.05, 0.1) is 0 Å². The predicted molar refractivity (Wildman–Crippen MR) is 63.9 cm³/mol. The van der Waals surface area contributed by atoms with Crippen LogP contribution in [0, 0.1) is 0 Å². The third kappa shape index (κ3) is 2.85. The average molecular weight is 211 g/mol. The Balaban J connectivity index is 0.000000138. The molecule has 0 unspecified atom stereocenters. The van der Waals surface area contributed by atoms with Crippen LogP contribution in [0.5, 0.6) is 0 Å². The molecule has 16 heavy (non-hydrogen) atoms. The van der Waals surface area contributed by atoms with Crippen molar-refractivity contribution in [3.8, 4) is 0 Å². The van der Waals surface area contributed by atoms with Crippen LogP contribution in [0.4, 0.5) is 0 Å². The first-order chi connectivity index (χ1) is 7.97. The molecule has 3 heteroatoms. The van der Waals surface area contributed by atoms with E-state index in [2.05, 4.69) is 4.98 Å². The normalized spacial score (nSPS) is 9.25. The fraction of sp³-hybridized carbons (Fsp3) is 0. The van der Waals surface area contributed by atoms with Gasteiger partial charge in [-0.1, -0.05) is 6.07 Å². The number of nitrogens with zero attached hydrogens (tertiary/aromatic N) is 3. The molecule has 3 heterocycles. The van der Waals surface area contributed by atoms with E-state index < -0.39 is 0 Å². The molecule has 0 aromatic carbocycles. The number of aromatic nitrogens is 3. The topological polar surface area (TPSA) is 22.8 Å². The number of pyridine rings is 1. The summed E-state index contributed by atoms with van der Waals surface area (Å²) in [6, 6.07) is 13.7. The minimum Gasteiger partial charge on any atom is -0.265 e. The molecular formula is C13H13N3. The Labute approximate surface area is 94.6 Å². The van der Waals surface area contributed by atoms with Gasteiger partial charge in [-0.3, -0.25) is 14.3 Å². The molecule has 0 saturated heterocycles. The van der Waals surface area contributed by atoms with Crippen molar-refractivity contribution in [2.45, 2.75) is 0 Å². The molecule has 0 spiro atoms. The van der Waals surface area contributed by atoms with Gasteiger partial charge in [-0.25, -0.2) is 0 Å². The van der Waals surface area contributed by atoms with Gasteiger partial charge in [-0.2, -0.15) is 0 Å². The highest BCUT2D eigenvalue weighted by atomic mass is 15.4. The molecule has 0 amide bonds. The summed E-state index contributed by atoms with van der Waals surface area (Å²) in [5.41, 5.74) is 0. The van der Waals surface area contributed by atoms with Crippen LogP contribution in [0.25, 0.3) is 0 Å². The van der Waals surface area contributed by atoms with E-state index in [-0.39, 0.29) is 0 Å². The molecule has 0 aliphatic heterocycles. The Morgan fingerprint density at radius 2 is 0.938 bits per heavy atom. The minimum absolute atomic E-state index is 1.75. The standard InChI is InChI=1S/C8H8N2.C5H5N/c1-2-6-9(5-1)10-7-3-4-8-10;1-2-4-6-5-3-1/h1-8H;1-5H. The second kappa shape index (κ2) is 5.56. The highest BCUT2D eigenvalue weighted by Crippen LogP contribution is 1.93. The summed E-state index contributed by atoms with van der Waals surface area (Å²) in [7, 11) is 0. The van der Waals surface area contributed by atoms with Crippen molar-refractivity contribution in [1.29, 1.82) is 0 Å². The van der Waals surface area contributed by atoms with E-state index in [0.717, 1.165) is 0 Å². The van der Waals surface area contributed by atoms with Crippen LogP contribution in [-0.2, 0) is 0 Å². The predicted octanol–water partition coefficient (Wildman–Crippen LogP) is 2.68. The van der Waals surface area contributed by atoms with E-state index in [9.17, 15) is 0 Å². The van der Waals surface area contributed by atoms with Crippen LogP contribution < -0.4 is 0 Å². The maximum atomic E-state index is 3.78. The summed E-state index contributed by atoms with van der Waals surface area (Å²) in [5, 5.41) is 0. The van der Waals surface area contributed by atoms with Gasteiger partial charge < -0.3 is 0 Å². The molecule has 0 bridgehead atoms. The largest absolute Gasteiger partial charge is 0.265 e. The summed E-state index contributed by atoms with van der Waals surface area (Å²) in [4.78, 5) is 3.78. The van der Waals surface area contributed by atoms with Gasteiger partial charge in [0.15, 0.2) is 0 Å². The van der Waals surface area contributed by atoms with Crippen molar-refractivity contribution < 1.29 is 0 Å². The first-order valence-corrected chi connectivity index (χ1v) is 5.08. The highest BCUT2D eigenvalue weighted by molar-refractivity contribution is 4.96. The molecule has 0 radical (unpaired) electrons. The van der Waals surface area contributed by atoms with Crippen LogP contribution in [-0.4, -0.2) is 14.3 Å². The Bertz CT molecular complexity index is 410. The second-order valence-electron chi connectivity index (χ2n) is 3.15. The van der Waals surface area contributed by atoms with Crippen LogP contribution in [0.15, 0.2) is 79.6 Å². The Morgan fingerprint density at radius 1 is 0.500 bits per heavy atom. The van der Waals surface area contributed by atoms with Crippen LogP contribution in [0.1, 0.15) is 0 Å². The molecule has 3 aromatic rings. The van der Waals surface area contributed by atoms with Gasteiger partial charge in [0.25, 0.3) is 0 Å². The fourth-order valence-corrected chi connectivity index (χ4v) is 1.27. The van der Waals surface area contributed by atoms with Crippen LogP contribution >= 0.6 is 0 Å². The van der Waals surface area contributed by atoms with Crippen molar-refractivity contribution in [1.82, 2.24) is 14.3 Å². The summed E-state index contributed by atoms with van der Waals surface area (Å²) in [5.74, 6) is 0. The second-order valence-corrected chi connectivity index (χ2v) is 3.15. The lowest BCUT2D eigenvalue weighted by atomic mass is 10.5. The van der Waals surface area contributed by atoms with Crippen molar-refractivity contribution in [3.05, 3.63) is 79.6 Å². The molecule has 3 nitrogen and oxygen atoms in total. The molecule has 80 valence electrons. The summed E-state index contributed by atoms with van der Waals surface area (Å²) < 4.78 is 4.00. The van der Waals surface area contributed by atoms with Crippen LogP contribution in [0.2, 0.25) is 0 Å². The summed E-state index contributed by atoms with van der Waals surface area (Å²) in [6.45, 7) is 0. The van der Waals surface area contributed by atoms with Crippen LogP contribution in [0.3, 0.4) is 0 Å². The van der Waals surface area contributed by atoms with Gasteiger partial charge in [-0.05, 0) is 36.4 Å². The summed E-state index contributed by atoms with van der Waals surface area (Å²) >= 11 is 0. The van der Waals surface area contributed by atoms with E-state index in [1.807, 2.05) is 76.6 Å². The van der Waals surface area contributed by atoms with E-state index in [4.69, 9.17) is 0 Å². The van der Waals surface area contributed by atoms with Gasteiger partial charge in [-0.15, -0.1) is 0 Å². The molecule has 0 atom stereocenters. The zero-order chi connectivity index (χ0) is 11.1. The lowest BCUT2D eigenvalue weighted by molar-refractivity contribution is 0.668. The Hall–Kier alpha value is -2.29. The molecule has 0 aliphatic carbocycles. The molecule has 3 aromatic heterocycles. The number of hydrogen-bond acceptors (Lipinski definition) is 1. The molecule has 3 rings (SSSR count). The lowest BCUT2D eigenvalue weighted by Gasteiger charge is -2.01. The van der Waals surface area contributed by atoms with E-state index in [1.54, 1.807) is 12.4 Å². The van der Waals surface area contributed by atoms with E-state index >= 15 is 0 Å². The van der Waals surface area contributed by atoms with Gasteiger partial charge in [0.2, 0.25) is 0 Å². The van der Waals surface area contributed by atoms with Gasteiger partial charge >= 0.3 is 0 Å². The Kier molecular flexibility index (Phi) is 3.55. The van der Waals surface area contributed by atoms with Crippen molar-refractivity contribution in [2.75, 3.05) is 0 Å². The minimum atomic E-state index is 1.75. The van der Waals surface area contributed by atoms with E-state index in [1.165, 1.54) is 0 Å². The SMILES string of the molecule is c1ccn(-n2cccc2)c1.c1ccncc1. The zero-order valence-corrected chi connectivity index (χ0v) is 8.85.